The molecular weight excluding hydrogens is 254 g/mol. The standard InChI is InChI=1S/C16H15NO3/c1-12-6-9-14(10-7-12)20-15-5-3-2-4-13(15)8-11-16(18)17-19/h2-11,19H,1H3,(H,17,18). The summed E-state index contributed by atoms with van der Waals surface area (Å²) in [5, 5.41) is 8.46. The number of hydrogen-bond donors (Lipinski definition) is 2. The van der Waals surface area contributed by atoms with Gasteiger partial charge in [-0.25, -0.2) is 5.48 Å². The van der Waals surface area contributed by atoms with Crippen molar-refractivity contribution in [2.24, 2.45) is 0 Å². The van der Waals surface area contributed by atoms with E-state index in [2.05, 4.69) is 0 Å². The maximum Gasteiger partial charge on any atom is 0.267 e. The molecule has 0 unspecified atom stereocenters. The van der Waals surface area contributed by atoms with Gasteiger partial charge in [0.25, 0.3) is 5.91 Å². The third kappa shape index (κ3) is 3.70. The maximum atomic E-state index is 11.0. The molecule has 0 radical (unpaired) electrons. The van der Waals surface area contributed by atoms with Gasteiger partial charge in [-0.15, -0.1) is 0 Å². The Morgan fingerprint density at radius 2 is 1.85 bits per heavy atom. The van der Waals surface area contributed by atoms with E-state index in [1.807, 2.05) is 55.5 Å². The predicted molar refractivity (Wildman–Crippen MR) is 76.7 cm³/mol. The first-order valence-electron chi connectivity index (χ1n) is 6.15. The summed E-state index contributed by atoms with van der Waals surface area (Å²) < 4.78 is 5.78. The van der Waals surface area contributed by atoms with Crippen LogP contribution in [0.2, 0.25) is 0 Å². The van der Waals surface area contributed by atoms with Crippen molar-refractivity contribution >= 4 is 12.0 Å². The van der Waals surface area contributed by atoms with Crippen LogP contribution >= 0.6 is 0 Å². The smallest absolute Gasteiger partial charge is 0.267 e. The average Bonchev–Trinajstić information content (AvgIpc) is 2.48. The van der Waals surface area contributed by atoms with E-state index in [-0.39, 0.29) is 0 Å². The second-order valence-corrected chi connectivity index (χ2v) is 4.26. The van der Waals surface area contributed by atoms with Crippen molar-refractivity contribution in [2.45, 2.75) is 6.92 Å². The van der Waals surface area contributed by atoms with Crippen LogP contribution in [0.3, 0.4) is 0 Å². The number of ether oxygens (including phenoxy) is 1. The number of hydroxylamine groups is 1. The van der Waals surface area contributed by atoms with Crippen molar-refractivity contribution in [2.75, 3.05) is 0 Å². The fourth-order valence-corrected chi connectivity index (χ4v) is 1.65. The van der Waals surface area contributed by atoms with Gasteiger partial charge in [-0.05, 0) is 31.2 Å². The highest BCUT2D eigenvalue weighted by Crippen LogP contribution is 2.26. The van der Waals surface area contributed by atoms with Crippen LogP contribution in [0.15, 0.2) is 54.6 Å². The molecule has 2 aromatic carbocycles. The molecule has 102 valence electrons. The number of para-hydroxylation sites is 1. The molecule has 0 atom stereocenters. The largest absolute Gasteiger partial charge is 0.457 e. The van der Waals surface area contributed by atoms with Crippen LogP contribution < -0.4 is 10.2 Å². The van der Waals surface area contributed by atoms with Crippen molar-refractivity contribution in [3.8, 4) is 11.5 Å². The summed E-state index contributed by atoms with van der Waals surface area (Å²) in [5.74, 6) is 0.775. The molecular formula is C16H15NO3. The first-order chi connectivity index (χ1) is 9.69. The number of nitrogens with one attached hydrogen (secondary N) is 1. The molecule has 0 saturated carbocycles. The lowest BCUT2D eigenvalue weighted by Gasteiger charge is -2.08. The molecule has 20 heavy (non-hydrogen) atoms. The molecule has 0 heterocycles. The molecule has 0 saturated heterocycles. The molecule has 0 aliphatic carbocycles. The summed E-state index contributed by atoms with van der Waals surface area (Å²) in [7, 11) is 0. The molecule has 0 spiro atoms. The van der Waals surface area contributed by atoms with Gasteiger partial charge in [0.15, 0.2) is 0 Å². The zero-order valence-corrected chi connectivity index (χ0v) is 11.0. The van der Waals surface area contributed by atoms with Gasteiger partial charge in [-0.2, -0.15) is 0 Å². The zero-order chi connectivity index (χ0) is 14.4. The topological polar surface area (TPSA) is 58.6 Å². The summed E-state index contributed by atoms with van der Waals surface area (Å²) in [5.41, 5.74) is 3.45. The number of carbonyl (C=O) groups excluding carboxylic acids is 1. The van der Waals surface area contributed by atoms with Crippen LogP contribution in [0.4, 0.5) is 0 Å². The molecule has 0 aliphatic rings. The first-order valence-corrected chi connectivity index (χ1v) is 6.15. The Kier molecular flexibility index (Phi) is 4.52. The number of benzene rings is 2. The van der Waals surface area contributed by atoms with Crippen molar-refractivity contribution in [1.29, 1.82) is 0 Å². The third-order valence-corrected chi connectivity index (χ3v) is 2.69. The zero-order valence-electron chi connectivity index (χ0n) is 11.0. The molecule has 2 aromatic rings. The minimum absolute atomic E-state index is 0.588. The van der Waals surface area contributed by atoms with Gasteiger partial charge in [0.1, 0.15) is 11.5 Å². The molecule has 2 rings (SSSR count). The number of aryl methyl sites for hydroxylation is 1. The summed E-state index contributed by atoms with van der Waals surface area (Å²) in [6.07, 6.45) is 2.81. The minimum atomic E-state index is -0.588. The number of rotatable bonds is 4. The van der Waals surface area contributed by atoms with Crippen LogP contribution in [0.1, 0.15) is 11.1 Å². The summed E-state index contributed by atoms with van der Waals surface area (Å²) in [6, 6.07) is 15.0. The molecule has 4 nitrogen and oxygen atoms in total. The van der Waals surface area contributed by atoms with Gasteiger partial charge in [-0.3, -0.25) is 10.0 Å². The van der Waals surface area contributed by atoms with Gasteiger partial charge in [0.2, 0.25) is 0 Å². The van der Waals surface area contributed by atoms with Gasteiger partial charge in [0, 0.05) is 11.6 Å². The van der Waals surface area contributed by atoms with Gasteiger partial charge in [0.05, 0.1) is 0 Å². The minimum Gasteiger partial charge on any atom is -0.457 e. The van der Waals surface area contributed by atoms with Crippen LogP contribution in [-0.2, 0) is 4.79 Å². The molecule has 0 bridgehead atoms. The molecule has 2 N–H and O–H groups in total. The van der Waals surface area contributed by atoms with E-state index in [4.69, 9.17) is 9.94 Å². The molecule has 0 aromatic heterocycles. The Morgan fingerprint density at radius 3 is 2.55 bits per heavy atom. The monoisotopic (exact) mass is 269 g/mol. The van der Waals surface area contributed by atoms with Crippen molar-refractivity contribution in [3.05, 3.63) is 65.7 Å². The third-order valence-electron chi connectivity index (χ3n) is 2.69. The second kappa shape index (κ2) is 6.54. The second-order valence-electron chi connectivity index (χ2n) is 4.26. The molecule has 0 aliphatic heterocycles. The van der Waals surface area contributed by atoms with E-state index in [1.165, 1.54) is 6.08 Å². The highest BCUT2D eigenvalue weighted by molar-refractivity contribution is 5.91. The lowest BCUT2D eigenvalue weighted by atomic mass is 10.2. The highest BCUT2D eigenvalue weighted by Gasteiger charge is 2.02. The van der Waals surface area contributed by atoms with E-state index in [9.17, 15) is 4.79 Å². The average molecular weight is 269 g/mol. The Hall–Kier alpha value is -2.59. The number of carbonyl (C=O) groups is 1. The van der Waals surface area contributed by atoms with Gasteiger partial charge >= 0.3 is 0 Å². The molecule has 4 heteroatoms. The summed E-state index contributed by atoms with van der Waals surface area (Å²) in [4.78, 5) is 11.0. The summed E-state index contributed by atoms with van der Waals surface area (Å²) >= 11 is 0. The number of hydrogen-bond acceptors (Lipinski definition) is 3. The number of amides is 1. The van der Waals surface area contributed by atoms with E-state index in [0.29, 0.717) is 5.75 Å². The lowest BCUT2D eigenvalue weighted by molar-refractivity contribution is -0.124. The van der Waals surface area contributed by atoms with E-state index in [0.717, 1.165) is 16.9 Å². The fourth-order valence-electron chi connectivity index (χ4n) is 1.65. The van der Waals surface area contributed by atoms with E-state index < -0.39 is 5.91 Å². The molecule has 1 amide bonds. The van der Waals surface area contributed by atoms with Crippen LogP contribution in [0.25, 0.3) is 6.08 Å². The maximum absolute atomic E-state index is 11.0. The van der Waals surface area contributed by atoms with Crippen molar-refractivity contribution in [1.82, 2.24) is 5.48 Å². The Labute approximate surface area is 117 Å². The fraction of sp³-hybridized carbons (Fsp3) is 0.0625. The Morgan fingerprint density at radius 1 is 1.15 bits per heavy atom. The summed E-state index contributed by atoms with van der Waals surface area (Å²) in [6.45, 7) is 2.01. The lowest BCUT2D eigenvalue weighted by Crippen LogP contribution is -2.14. The van der Waals surface area contributed by atoms with Crippen LogP contribution in [-0.4, -0.2) is 11.1 Å². The SMILES string of the molecule is Cc1ccc(Oc2ccccc2C=CC(=O)NO)cc1. The normalized spacial score (nSPS) is 10.5. The van der Waals surface area contributed by atoms with Gasteiger partial charge in [-0.1, -0.05) is 35.9 Å². The highest BCUT2D eigenvalue weighted by atomic mass is 16.5. The Balaban J connectivity index is 2.21. The Bertz CT molecular complexity index is 618. The van der Waals surface area contributed by atoms with Crippen molar-refractivity contribution < 1.29 is 14.7 Å². The van der Waals surface area contributed by atoms with Crippen molar-refractivity contribution in [3.63, 3.8) is 0 Å². The first kappa shape index (κ1) is 13.8. The van der Waals surface area contributed by atoms with Crippen LogP contribution in [0, 0.1) is 6.92 Å². The predicted octanol–water partition coefficient (Wildman–Crippen LogP) is 3.31. The van der Waals surface area contributed by atoms with Crippen LogP contribution in [0.5, 0.6) is 11.5 Å². The molecule has 0 fully saturated rings. The van der Waals surface area contributed by atoms with E-state index >= 15 is 0 Å². The quantitative estimate of drug-likeness (QED) is 0.508. The van der Waals surface area contributed by atoms with Gasteiger partial charge < -0.3 is 4.74 Å². The van der Waals surface area contributed by atoms with E-state index in [1.54, 1.807) is 11.6 Å².